The standard InChI is InChI=1S/C20H21N3O2/c1-13(2)20(4)19(25)23(18(24)15-8-6-5-7-9-15)17(22-20)16-11-10-14(3)12-21-16/h5-13H,1-4H3. The first-order valence-corrected chi connectivity index (χ1v) is 8.31. The molecule has 2 amide bonds. The highest BCUT2D eigenvalue weighted by atomic mass is 16.2. The Bertz CT molecular complexity index is 841. The molecule has 0 radical (unpaired) electrons. The highest BCUT2D eigenvalue weighted by Crippen LogP contribution is 2.32. The van der Waals surface area contributed by atoms with Crippen LogP contribution in [0.5, 0.6) is 0 Å². The lowest BCUT2D eigenvalue weighted by Gasteiger charge is -2.24. The largest absolute Gasteiger partial charge is 0.271 e. The molecule has 0 spiro atoms. The van der Waals surface area contributed by atoms with Crippen molar-refractivity contribution < 1.29 is 9.59 Å². The SMILES string of the molecule is Cc1ccc(C2=NC(C)(C(C)C)C(=O)N2C(=O)c2ccccc2)nc1. The van der Waals surface area contributed by atoms with Gasteiger partial charge in [0.1, 0.15) is 11.2 Å². The zero-order valence-corrected chi connectivity index (χ0v) is 14.9. The van der Waals surface area contributed by atoms with E-state index in [9.17, 15) is 9.59 Å². The Morgan fingerprint density at radius 3 is 2.36 bits per heavy atom. The summed E-state index contributed by atoms with van der Waals surface area (Å²) in [6.45, 7) is 7.56. The Morgan fingerprint density at radius 2 is 1.80 bits per heavy atom. The molecule has 3 rings (SSSR count). The van der Waals surface area contributed by atoms with Crippen LogP contribution in [0.15, 0.2) is 53.7 Å². The van der Waals surface area contributed by atoms with E-state index in [2.05, 4.69) is 9.98 Å². The minimum Gasteiger partial charge on any atom is -0.271 e. The highest BCUT2D eigenvalue weighted by molar-refractivity contribution is 6.26. The van der Waals surface area contributed by atoms with Gasteiger partial charge < -0.3 is 0 Å². The maximum atomic E-state index is 13.1. The molecule has 5 nitrogen and oxygen atoms in total. The summed E-state index contributed by atoms with van der Waals surface area (Å²) in [4.78, 5) is 36.3. The lowest BCUT2D eigenvalue weighted by Crippen LogP contribution is -2.46. The van der Waals surface area contributed by atoms with Crippen molar-refractivity contribution >= 4 is 17.6 Å². The number of hydrogen-bond donors (Lipinski definition) is 0. The summed E-state index contributed by atoms with van der Waals surface area (Å²) >= 11 is 0. The Balaban J connectivity index is 2.11. The van der Waals surface area contributed by atoms with Gasteiger partial charge in [0.25, 0.3) is 11.8 Å². The molecule has 2 aromatic rings. The summed E-state index contributed by atoms with van der Waals surface area (Å²) in [6, 6.07) is 12.5. The minimum absolute atomic E-state index is 0.0472. The quantitative estimate of drug-likeness (QED) is 0.809. The predicted molar refractivity (Wildman–Crippen MR) is 96.4 cm³/mol. The van der Waals surface area contributed by atoms with Crippen molar-refractivity contribution in [1.82, 2.24) is 9.88 Å². The Kier molecular flexibility index (Phi) is 4.25. The van der Waals surface area contributed by atoms with Gasteiger partial charge in [0, 0.05) is 11.8 Å². The number of aryl methyl sites for hydroxylation is 1. The molecule has 1 aromatic carbocycles. The molecular formula is C20H21N3O2. The van der Waals surface area contributed by atoms with Crippen LogP contribution in [0.3, 0.4) is 0 Å². The average molecular weight is 335 g/mol. The van der Waals surface area contributed by atoms with E-state index >= 15 is 0 Å². The lowest BCUT2D eigenvalue weighted by molar-refractivity contribution is -0.130. The number of benzene rings is 1. The van der Waals surface area contributed by atoms with Gasteiger partial charge in [-0.1, -0.05) is 38.1 Å². The number of imide groups is 1. The van der Waals surface area contributed by atoms with E-state index in [0.717, 1.165) is 5.56 Å². The number of aromatic nitrogens is 1. The molecule has 0 saturated heterocycles. The van der Waals surface area contributed by atoms with Crippen LogP contribution in [-0.4, -0.2) is 33.1 Å². The molecular weight excluding hydrogens is 314 g/mol. The number of carbonyl (C=O) groups is 2. The summed E-state index contributed by atoms with van der Waals surface area (Å²) in [7, 11) is 0. The van der Waals surface area contributed by atoms with Crippen LogP contribution in [0, 0.1) is 12.8 Å². The second kappa shape index (κ2) is 6.24. The summed E-state index contributed by atoms with van der Waals surface area (Å²) in [6.07, 6.45) is 1.71. The molecule has 1 unspecified atom stereocenters. The highest BCUT2D eigenvalue weighted by Gasteiger charge is 2.50. The number of carbonyl (C=O) groups excluding carboxylic acids is 2. The van der Waals surface area contributed by atoms with Crippen molar-refractivity contribution in [1.29, 1.82) is 0 Å². The predicted octanol–water partition coefficient (Wildman–Crippen LogP) is 3.23. The first kappa shape index (κ1) is 17.0. The van der Waals surface area contributed by atoms with E-state index in [1.165, 1.54) is 4.90 Å². The molecule has 1 aromatic heterocycles. The third kappa shape index (κ3) is 2.86. The number of pyridine rings is 1. The van der Waals surface area contributed by atoms with Gasteiger partial charge in [-0.05, 0) is 43.5 Å². The van der Waals surface area contributed by atoms with Gasteiger partial charge in [-0.15, -0.1) is 0 Å². The number of amides is 2. The fourth-order valence-electron chi connectivity index (χ4n) is 2.69. The molecule has 128 valence electrons. The van der Waals surface area contributed by atoms with Crippen LogP contribution >= 0.6 is 0 Å². The molecule has 0 bridgehead atoms. The summed E-state index contributed by atoms with van der Waals surface area (Å²) < 4.78 is 0. The molecule has 0 saturated carbocycles. The number of hydrogen-bond acceptors (Lipinski definition) is 4. The van der Waals surface area contributed by atoms with Gasteiger partial charge in [0.15, 0.2) is 5.84 Å². The van der Waals surface area contributed by atoms with Crippen molar-refractivity contribution in [3.8, 4) is 0 Å². The first-order chi connectivity index (χ1) is 11.8. The maximum absolute atomic E-state index is 13.1. The van der Waals surface area contributed by atoms with Crippen LogP contribution in [0.1, 0.15) is 42.4 Å². The first-order valence-electron chi connectivity index (χ1n) is 8.31. The van der Waals surface area contributed by atoms with E-state index in [0.29, 0.717) is 17.1 Å². The van der Waals surface area contributed by atoms with Gasteiger partial charge >= 0.3 is 0 Å². The van der Waals surface area contributed by atoms with Crippen molar-refractivity contribution in [2.24, 2.45) is 10.9 Å². The molecule has 5 heteroatoms. The number of nitrogens with zero attached hydrogens (tertiary/aromatic N) is 3. The Hall–Kier alpha value is -2.82. The summed E-state index contributed by atoms with van der Waals surface area (Å²) in [5.74, 6) is -0.422. The zero-order chi connectivity index (χ0) is 18.2. The molecule has 0 N–H and O–H groups in total. The molecule has 1 atom stereocenters. The van der Waals surface area contributed by atoms with Crippen LogP contribution < -0.4 is 0 Å². The average Bonchev–Trinajstić information content (AvgIpc) is 2.88. The van der Waals surface area contributed by atoms with Crippen LogP contribution in [0.25, 0.3) is 0 Å². The van der Waals surface area contributed by atoms with Crippen molar-refractivity contribution in [2.75, 3.05) is 0 Å². The fraction of sp³-hybridized carbons (Fsp3) is 0.300. The zero-order valence-electron chi connectivity index (χ0n) is 14.9. The van der Waals surface area contributed by atoms with E-state index < -0.39 is 5.54 Å². The van der Waals surface area contributed by atoms with E-state index in [-0.39, 0.29) is 17.7 Å². The van der Waals surface area contributed by atoms with Crippen molar-refractivity contribution in [3.63, 3.8) is 0 Å². The molecule has 0 aliphatic carbocycles. The second-order valence-electron chi connectivity index (χ2n) is 6.77. The fourth-order valence-corrected chi connectivity index (χ4v) is 2.69. The van der Waals surface area contributed by atoms with Crippen molar-refractivity contribution in [2.45, 2.75) is 33.2 Å². The molecule has 1 aliphatic heterocycles. The molecule has 25 heavy (non-hydrogen) atoms. The monoisotopic (exact) mass is 335 g/mol. The number of rotatable bonds is 3. The summed E-state index contributed by atoms with van der Waals surface area (Å²) in [5, 5.41) is 0. The maximum Gasteiger partial charge on any atom is 0.266 e. The molecule has 1 aliphatic rings. The van der Waals surface area contributed by atoms with Crippen LogP contribution in [0.2, 0.25) is 0 Å². The smallest absolute Gasteiger partial charge is 0.266 e. The van der Waals surface area contributed by atoms with Gasteiger partial charge in [0.2, 0.25) is 0 Å². The summed E-state index contributed by atoms with van der Waals surface area (Å²) in [5.41, 5.74) is 0.990. The van der Waals surface area contributed by atoms with Gasteiger partial charge in [-0.25, -0.2) is 9.89 Å². The van der Waals surface area contributed by atoms with E-state index in [1.807, 2.05) is 32.9 Å². The molecule has 2 heterocycles. The number of aliphatic imine (C=N–C) groups is 1. The van der Waals surface area contributed by atoms with Gasteiger partial charge in [-0.3, -0.25) is 14.6 Å². The number of amidine groups is 1. The second-order valence-corrected chi connectivity index (χ2v) is 6.77. The lowest BCUT2D eigenvalue weighted by atomic mass is 9.88. The van der Waals surface area contributed by atoms with E-state index in [4.69, 9.17) is 0 Å². The Labute approximate surface area is 147 Å². The topological polar surface area (TPSA) is 62.6 Å². The molecule has 0 fully saturated rings. The van der Waals surface area contributed by atoms with Crippen molar-refractivity contribution in [3.05, 3.63) is 65.5 Å². The minimum atomic E-state index is -0.980. The van der Waals surface area contributed by atoms with Gasteiger partial charge in [0.05, 0.1) is 0 Å². The third-order valence-corrected chi connectivity index (χ3v) is 4.67. The van der Waals surface area contributed by atoms with Crippen LogP contribution in [-0.2, 0) is 4.79 Å². The third-order valence-electron chi connectivity index (χ3n) is 4.67. The van der Waals surface area contributed by atoms with Crippen LogP contribution in [0.4, 0.5) is 0 Å². The normalized spacial score (nSPS) is 20.1. The van der Waals surface area contributed by atoms with Gasteiger partial charge in [-0.2, -0.15) is 0 Å². The van der Waals surface area contributed by atoms with E-state index in [1.54, 1.807) is 43.5 Å². The Morgan fingerprint density at radius 1 is 1.12 bits per heavy atom.